The van der Waals surface area contributed by atoms with E-state index in [1.54, 1.807) is 0 Å². The van der Waals surface area contributed by atoms with Gasteiger partial charge in [0.2, 0.25) is 0 Å². The van der Waals surface area contributed by atoms with Gasteiger partial charge >= 0.3 is 0 Å². The second-order valence-electron chi connectivity index (χ2n) is 4.88. The van der Waals surface area contributed by atoms with Crippen LogP contribution in [0.25, 0.3) is 0 Å². The minimum atomic E-state index is -0.0140. The Labute approximate surface area is 96.7 Å². The highest BCUT2D eigenvalue weighted by Crippen LogP contribution is 2.18. The van der Waals surface area contributed by atoms with Crippen molar-refractivity contribution in [3.05, 3.63) is 35.9 Å². The van der Waals surface area contributed by atoms with Crippen LogP contribution < -0.4 is 4.90 Å². The zero-order valence-electron chi connectivity index (χ0n) is 10.3. The third-order valence-electron chi connectivity index (χ3n) is 3.68. The van der Waals surface area contributed by atoms with Crippen LogP contribution in [0.5, 0.6) is 0 Å². The number of hydrogen-bond donors (Lipinski definition) is 1. The van der Waals surface area contributed by atoms with Gasteiger partial charge in [-0.05, 0) is 32.9 Å². The number of nitrogens with one attached hydrogen (secondary N) is 1. The fourth-order valence-electron chi connectivity index (χ4n) is 1.88. The van der Waals surface area contributed by atoms with Crippen molar-refractivity contribution in [1.82, 2.24) is 0 Å². The van der Waals surface area contributed by atoms with E-state index >= 15 is 0 Å². The molecular weight excluding hydrogens is 200 g/mol. The molecule has 1 aliphatic heterocycles. The molecule has 2 rings (SSSR count). The molecule has 0 bridgehead atoms. The molecule has 16 heavy (non-hydrogen) atoms. The summed E-state index contributed by atoms with van der Waals surface area (Å²) in [5, 5.41) is 4.19. The molecule has 1 unspecified atom stereocenters. The summed E-state index contributed by atoms with van der Waals surface area (Å²) in [6.45, 7) is 6.41. The van der Waals surface area contributed by atoms with Crippen LogP contribution in [0.2, 0.25) is 0 Å². The van der Waals surface area contributed by atoms with E-state index in [4.69, 9.17) is 4.84 Å². The van der Waals surface area contributed by atoms with Gasteiger partial charge in [0, 0.05) is 0 Å². The minimum absolute atomic E-state index is 0.0127. The van der Waals surface area contributed by atoms with Gasteiger partial charge < -0.3 is 4.84 Å². The molecule has 3 nitrogen and oxygen atoms in total. The van der Waals surface area contributed by atoms with E-state index in [0.717, 1.165) is 5.71 Å². The highest BCUT2D eigenvalue weighted by Gasteiger charge is 2.42. The van der Waals surface area contributed by atoms with Gasteiger partial charge in [0.05, 0.1) is 12.6 Å². The van der Waals surface area contributed by atoms with Crippen LogP contribution in [0.4, 0.5) is 0 Å². The third-order valence-corrected chi connectivity index (χ3v) is 3.68. The Morgan fingerprint density at radius 1 is 1.25 bits per heavy atom. The summed E-state index contributed by atoms with van der Waals surface area (Å²) in [6, 6.07) is 10.2. The number of benzene rings is 1. The summed E-state index contributed by atoms with van der Waals surface area (Å²) >= 11 is 0. The first-order valence-corrected chi connectivity index (χ1v) is 5.63. The van der Waals surface area contributed by atoms with Crippen LogP contribution >= 0.6 is 0 Å². The Hall–Kier alpha value is -1.35. The molecule has 1 aromatic rings. The Bertz CT molecular complexity index is 398. The molecule has 0 aliphatic carbocycles. The summed E-state index contributed by atoms with van der Waals surface area (Å²) in [7, 11) is 2.15. The molecular formula is C13H19N2O+. The summed E-state index contributed by atoms with van der Waals surface area (Å²) in [4.78, 5) is 6.89. The smallest absolute Gasteiger partial charge is 0.283 e. The maximum atomic E-state index is 5.58. The molecule has 3 heteroatoms. The zero-order valence-corrected chi connectivity index (χ0v) is 10.3. The van der Waals surface area contributed by atoms with E-state index in [9.17, 15) is 0 Å². The van der Waals surface area contributed by atoms with Crippen molar-refractivity contribution in [3.8, 4) is 0 Å². The van der Waals surface area contributed by atoms with Crippen LogP contribution in [0.1, 0.15) is 32.6 Å². The normalized spacial score (nSPS) is 28.1. The summed E-state index contributed by atoms with van der Waals surface area (Å²) in [5.41, 5.74) is 2.22. The van der Waals surface area contributed by atoms with Gasteiger partial charge in [-0.15, -0.1) is 0 Å². The molecule has 1 heterocycles. The third kappa shape index (κ3) is 1.71. The SMILES string of the molecule is CC1=NO[C@@H](c2ccccc2)[NH+](C)C1(C)C. The van der Waals surface area contributed by atoms with Crippen LogP contribution in [-0.4, -0.2) is 18.3 Å². The van der Waals surface area contributed by atoms with Crippen LogP contribution in [0.3, 0.4) is 0 Å². The maximum Gasteiger partial charge on any atom is 0.283 e. The number of rotatable bonds is 1. The molecule has 0 radical (unpaired) electrons. The van der Waals surface area contributed by atoms with Crippen molar-refractivity contribution in [2.45, 2.75) is 32.5 Å². The molecule has 1 N–H and O–H groups in total. The van der Waals surface area contributed by atoms with Gasteiger partial charge in [-0.2, -0.15) is 0 Å². The van der Waals surface area contributed by atoms with E-state index in [-0.39, 0.29) is 11.8 Å². The van der Waals surface area contributed by atoms with Crippen molar-refractivity contribution in [3.63, 3.8) is 0 Å². The molecule has 0 saturated heterocycles. The zero-order chi connectivity index (χ0) is 11.8. The van der Waals surface area contributed by atoms with E-state index in [0.29, 0.717) is 0 Å². The van der Waals surface area contributed by atoms with Gasteiger partial charge in [-0.1, -0.05) is 23.4 Å². The van der Waals surface area contributed by atoms with Crippen LogP contribution in [0, 0.1) is 0 Å². The second-order valence-corrected chi connectivity index (χ2v) is 4.88. The van der Waals surface area contributed by atoms with Gasteiger partial charge in [0.1, 0.15) is 11.3 Å². The number of nitrogens with zero attached hydrogens (tertiary/aromatic N) is 1. The average Bonchev–Trinajstić information content (AvgIpc) is 2.28. The lowest BCUT2D eigenvalue weighted by Gasteiger charge is -2.39. The van der Waals surface area contributed by atoms with Gasteiger partial charge in [-0.3, -0.25) is 4.90 Å². The van der Waals surface area contributed by atoms with Crippen molar-refractivity contribution in [2.75, 3.05) is 7.05 Å². The molecule has 0 amide bonds. The largest absolute Gasteiger partial charge is 0.333 e. The van der Waals surface area contributed by atoms with E-state index < -0.39 is 0 Å². The predicted octanol–water partition coefficient (Wildman–Crippen LogP) is 1.38. The summed E-state index contributed by atoms with van der Waals surface area (Å²) in [6.07, 6.45) is -0.0140. The molecule has 1 aromatic carbocycles. The fraction of sp³-hybridized carbons (Fsp3) is 0.462. The number of hydrogen-bond acceptors (Lipinski definition) is 2. The number of oxime groups is 1. The average molecular weight is 219 g/mol. The topological polar surface area (TPSA) is 26.0 Å². The Morgan fingerprint density at radius 2 is 1.88 bits per heavy atom. The Morgan fingerprint density at radius 3 is 2.50 bits per heavy atom. The van der Waals surface area contributed by atoms with E-state index in [1.807, 2.05) is 25.1 Å². The lowest BCUT2D eigenvalue weighted by Crippen LogP contribution is -3.19. The van der Waals surface area contributed by atoms with E-state index in [1.165, 1.54) is 10.5 Å². The molecule has 86 valence electrons. The van der Waals surface area contributed by atoms with Crippen molar-refractivity contribution in [1.29, 1.82) is 0 Å². The summed E-state index contributed by atoms with van der Waals surface area (Å²) < 4.78 is 0. The molecule has 0 saturated carbocycles. The molecule has 0 aromatic heterocycles. The minimum Gasteiger partial charge on any atom is -0.333 e. The molecule has 2 atom stereocenters. The highest BCUT2D eigenvalue weighted by molar-refractivity contribution is 5.89. The van der Waals surface area contributed by atoms with Crippen LogP contribution in [-0.2, 0) is 4.84 Å². The summed E-state index contributed by atoms with van der Waals surface area (Å²) in [5.74, 6) is 0. The van der Waals surface area contributed by atoms with Crippen molar-refractivity contribution in [2.24, 2.45) is 5.16 Å². The molecule has 1 aliphatic rings. The standard InChI is InChI=1S/C13H18N2O/c1-10-13(2,3)15(4)12(16-14-10)11-8-6-5-7-9-11/h5-9,12H,1-4H3/p+1/t12-/m0/s1. The maximum absolute atomic E-state index is 5.58. The fourth-order valence-corrected chi connectivity index (χ4v) is 1.88. The van der Waals surface area contributed by atoms with Gasteiger partial charge in [0.15, 0.2) is 0 Å². The molecule has 0 spiro atoms. The number of quaternary nitrogens is 1. The lowest BCUT2D eigenvalue weighted by molar-refractivity contribution is -0.975. The van der Waals surface area contributed by atoms with Crippen molar-refractivity contribution < 1.29 is 9.74 Å². The second kappa shape index (κ2) is 3.91. The van der Waals surface area contributed by atoms with Crippen LogP contribution in [0.15, 0.2) is 35.5 Å². The van der Waals surface area contributed by atoms with Crippen molar-refractivity contribution >= 4 is 5.71 Å². The lowest BCUT2D eigenvalue weighted by atomic mass is 9.95. The first-order chi connectivity index (χ1) is 7.53. The van der Waals surface area contributed by atoms with E-state index in [2.05, 4.69) is 38.2 Å². The Balaban J connectivity index is 2.33. The Kier molecular flexibility index (Phi) is 2.72. The predicted molar refractivity (Wildman–Crippen MR) is 64.3 cm³/mol. The molecule has 0 fully saturated rings. The monoisotopic (exact) mass is 219 g/mol. The first-order valence-electron chi connectivity index (χ1n) is 5.63. The van der Waals surface area contributed by atoms with Gasteiger partial charge in [-0.25, -0.2) is 0 Å². The highest BCUT2D eigenvalue weighted by atomic mass is 16.7. The quantitative estimate of drug-likeness (QED) is 0.759. The van der Waals surface area contributed by atoms with Gasteiger partial charge in [0.25, 0.3) is 6.23 Å². The first kappa shape index (κ1) is 11.1.